The predicted molar refractivity (Wildman–Crippen MR) is 114 cm³/mol. The summed E-state index contributed by atoms with van der Waals surface area (Å²) in [6.07, 6.45) is 3.55. The molecule has 0 unspecified atom stereocenters. The van der Waals surface area contributed by atoms with Gasteiger partial charge in [-0.25, -0.2) is 0 Å². The van der Waals surface area contributed by atoms with E-state index in [-0.39, 0.29) is 18.4 Å². The van der Waals surface area contributed by atoms with Crippen molar-refractivity contribution in [2.24, 2.45) is 0 Å². The summed E-state index contributed by atoms with van der Waals surface area (Å²) in [5.74, 6) is 1.35. The Hall–Kier alpha value is -2.45. The molecule has 0 aliphatic carbocycles. The van der Waals surface area contributed by atoms with Crippen molar-refractivity contribution in [3.05, 3.63) is 41.0 Å². The zero-order chi connectivity index (χ0) is 21.3. The lowest BCUT2D eigenvalue weighted by Crippen LogP contribution is -2.50. The van der Waals surface area contributed by atoms with Crippen molar-refractivity contribution >= 4 is 29.1 Å². The van der Waals surface area contributed by atoms with Crippen LogP contribution in [0.2, 0.25) is 5.02 Å². The van der Waals surface area contributed by atoms with Gasteiger partial charge in [-0.15, -0.1) is 0 Å². The lowest BCUT2D eigenvalue weighted by Gasteiger charge is -2.34. The number of piperazine rings is 1. The van der Waals surface area contributed by atoms with Crippen LogP contribution in [0, 0.1) is 0 Å². The molecule has 0 bridgehead atoms. The second kappa shape index (κ2) is 11.1. The minimum atomic E-state index is -0.107. The van der Waals surface area contributed by atoms with Crippen molar-refractivity contribution in [1.82, 2.24) is 19.9 Å². The van der Waals surface area contributed by atoms with E-state index in [2.05, 4.69) is 22.4 Å². The molecule has 1 saturated heterocycles. The fourth-order valence-electron chi connectivity index (χ4n) is 3.38. The number of benzene rings is 1. The molecule has 3 rings (SSSR count). The molecule has 0 spiro atoms. The second-order valence-corrected chi connectivity index (χ2v) is 7.80. The maximum Gasteiger partial charge on any atom is 0.238 e. The monoisotopic (exact) mass is 433 g/mol. The number of anilines is 1. The molecule has 8 nitrogen and oxygen atoms in total. The van der Waals surface area contributed by atoms with Crippen LogP contribution in [0.15, 0.2) is 28.8 Å². The quantitative estimate of drug-likeness (QED) is 0.653. The lowest BCUT2D eigenvalue weighted by atomic mass is 10.2. The molecule has 2 heterocycles. The Balaban J connectivity index is 1.34. The van der Waals surface area contributed by atoms with E-state index in [1.54, 1.807) is 12.1 Å². The third-order valence-corrected chi connectivity index (χ3v) is 5.33. The molecule has 30 heavy (non-hydrogen) atoms. The third-order valence-electron chi connectivity index (χ3n) is 5.01. The van der Waals surface area contributed by atoms with Crippen molar-refractivity contribution in [2.45, 2.75) is 39.0 Å². The Labute approximate surface area is 181 Å². The largest absolute Gasteiger partial charge is 0.340 e. The van der Waals surface area contributed by atoms with Crippen LogP contribution >= 0.6 is 11.6 Å². The number of amides is 2. The first-order valence-corrected chi connectivity index (χ1v) is 10.8. The topological polar surface area (TPSA) is 91.6 Å². The van der Waals surface area contributed by atoms with Gasteiger partial charge in [0.25, 0.3) is 0 Å². The van der Waals surface area contributed by atoms with Crippen LogP contribution in [0.4, 0.5) is 5.69 Å². The highest BCUT2D eigenvalue weighted by Gasteiger charge is 2.22. The SMILES string of the molecule is CCCc1noc(CCCC(=O)N2CCN(CC(=O)Nc3ccccc3Cl)CC2)n1. The van der Waals surface area contributed by atoms with E-state index >= 15 is 0 Å². The van der Waals surface area contributed by atoms with Gasteiger partial charge in [0.2, 0.25) is 17.7 Å². The van der Waals surface area contributed by atoms with Crippen LogP contribution in [0.5, 0.6) is 0 Å². The maximum atomic E-state index is 12.5. The van der Waals surface area contributed by atoms with Gasteiger partial charge in [-0.2, -0.15) is 4.98 Å². The minimum absolute atomic E-state index is 0.107. The van der Waals surface area contributed by atoms with E-state index in [0.717, 1.165) is 18.7 Å². The Kier molecular flexibility index (Phi) is 8.21. The highest BCUT2D eigenvalue weighted by molar-refractivity contribution is 6.33. The summed E-state index contributed by atoms with van der Waals surface area (Å²) >= 11 is 6.08. The molecule has 1 aromatic carbocycles. The summed E-state index contributed by atoms with van der Waals surface area (Å²) in [4.78, 5) is 32.9. The number of hydrogen-bond donors (Lipinski definition) is 1. The molecule has 162 valence electrons. The number of halogens is 1. The number of hydrogen-bond acceptors (Lipinski definition) is 6. The van der Waals surface area contributed by atoms with E-state index in [0.29, 0.717) is 62.0 Å². The predicted octanol–water partition coefficient (Wildman–Crippen LogP) is 2.78. The Morgan fingerprint density at radius 1 is 1.17 bits per heavy atom. The van der Waals surface area contributed by atoms with Gasteiger partial charge in [0.1, 0.15) is 0 Å². The number of aromatic nitrogens is 2. The average Bonchev–Trinajstić information content (AvgIpc) is 3.18. The van der Waals surface area contributed by atoms with Crippen molar-refractivity contribution in [1.29, 1.82) is 0 Å². The van der Waals surface area contributed by atoms with Gasteiger partial charge in [-0.1, -0.05) is 35.8 Å². The van der Waals surface area contributed by atoms with E-state index in [1.165, 1.54) is 0 Å². The first-order chi connectivity index (χ1) is 14.5. The van der Waals surface area contributed by atoms with Crippen LogP contribution in [-0.4, -0.2) is 64.5 Å². The molecule has 1 aliphatic rings. The molecule has 1 fully saturated rings. The van der Waals surface area contributed by atoms with Crippen molar-refractivity contribution < 1.29 is 14.1 Å². The van der Waals surface area contributed by atoms with Gasteiger partial charge in [0, 0.05) is 45.4 Å². The zero-order valence-corrected chi connectivity index (χ0v) is 18.0. The van der Waals surface area contributed by atoms with Gasteiger partial charge in [0.15, 0.2) is 5.82 Å². The normalized spacial score (nSPS) is 14.7. The van der Waals surface area contributed by atoms with Crippen LogP contribution in [-0.2, 0) is 22.4 Å². The minimum Gasteiger partial charge on any atom is -0.340 e. The van der Waals surface area contributed by atoms with E-state index in [9.17, 15) is 9.59 Å². The highest BCUT2D eigenvalue weighted by Crippen LogP contribution is 2.20. The molecule has 2 amide bonds. The zero-order valence-electron chi connectivity index (χ0n) is 17.3. The molecule has 0 atom stereocenters. The standard InChI is InChI=1S/C21H28ClN5O3/c1-2-6-18-24-20(30-25-18)9-5-10-21(29)27-13-11-26(12-14-27)15-19(28)23-17-8-4-3-7-16(17)22/h3-4,7-8H,2,5-6,9-15H2,1H3,(H,23,28). The summed E-state index contributed by atoms with van der Waals surface area (Å²) in [6, 6.07) is 7.16. The number of nitrogens with one attached hydrogen (secondary N) is 1. The van der Waals surface area contributed by atoms with E-state index in [1.807, 2.05) is 21.9 Å². The van der Waals surface area contributed by atoms with Crippen LogP contribution < -0.4 is 5.32 Å². The Morgan fingerprint density at radius 2 is 1.93 bits per heavy atom. The average molecular weight is 434 g/mol. The molecular formula is C21H28ClN5O3. The number of para-hydroxylation sites is 1. The summed E-state index contributed by atoms with van der Waals surface area (Å²) in [5.41, 5.74) is 0.612. The van der Waals surface area contributed by atoms with Crippen LogP contribution in [0.3, 0.4) is 0 Å². The van der Waals surface area contributed by atoms with Crippen molar-refractivity contribution in [3.8, 4) is 0 Å². The first kappa shape index (κ1) is 22.2. The summed E-state index contributed by atoms with van der Waals surface area (Å²) in [5, 5.41) is 7.28. The number of carbonyl (C=O) groups excluding carboxylic acids is 2. The fourth-order valence-corrected chi connectivity index (χ4v) is 3.56. The summed E-state index contributed by atoms with van der Waals surface area (Å²) in [6.45, 7) is 4.94. The molecule has 2 aromatic rings. The van der Waals surface area contributed by atoms with Crippen LogP contribution in [0.25, 0.3) is 0 Å². The van der Waals surface area contributed by atoms with Gasteiger partial charge in [0.05, 0.1) is 17.3 Å². The summed E-state index contributed by atoms with van der Waals surface area (Å²) < 4.78 is 5.21. The third kappa shape index (κ3) is 6.53. The van der Waals surface area contributed by atoms with Gasteiger partial charge in [-0.3, -0.25) is 14.5 Å². The fraction of sp³-hybridized carbons (Fsp3) is 0.524. The van der Waals surface area contributed by atoms with Gasteiger partial charge >= 0.3 is 0 Å². The smallest absolute Gasteiger partial charge is 0.238 e. The number of rotatable bonds is 9. The molecule has 1 aromatic heterocycles. The van der Waals surface area contributed by atoms with E-state index in [4.69, 9.17) is 16.1 Å². The Morgan fingerprint density at radius 3 is 2.67 bits per heavy atom. The molecule has 1 N–H and O–H groups in total. The maximum absolute atomic E-state index is 12.5. The van der Waals surface area contributed by atoms with Crippen molar-refractivity contribution in [3.63, 3.8) is 0 Å². The van der Waals surface area contributed by atoms with E-state index < -0.39 is 0 Å². The Bertz CT molecular complexity index is 849. The number of aryl methyl sites for hydroxylation is 2. The van der Waals surface area contributed by atoms with Crippen molar-refractivity contribution in [2.75, 3.05) is 38.0 Å². The molecule has 0 saturated carbocycles. The number of nitrogens with zero attached hydrogens (tertiary/aromatic N) is 4. The van der Waals surface area contributed by atoms with Gasteiger partial charge in [-0.05, 0) is 25.0 Å². The molecular weight excluding hydrogens is 406 g/mol. The second-order valence-electron chi connectivity index (χ2n) is 7.39. The molecule has 0 radical (unpaired) electrons. The number of carbonyl (C=O) groups is 2. The first-order valence-electron chi connectivity index (χ1n) is 10.4. The molecule has 1 aliphatic heterocycles. The van der Waals surface area contributed by atoms with Crippen LogP contribution in [0.1, 0.15) is 37.9 Å². The molecule has 9 heteroatoms. The lowest BCUT2D eigenvalue weighted by molar-refractivity contribution is -0.133. The summed E-state index contributed by atoms with van der Waals surface area (Å²) in [7, 11) is 0. The van der Waals surface area contributed by atoms with Gasteiger partial charge < -0.3 is 14.7 Å². The highest BCUT2D eigenvalue weighted by atomic mass is 35.5.